The van der Waals surface area contributed by atoms with Crippen molar-refractivity contribution in [1.82, 2.24) is 4.90 Å². The zero-order valence-corrected chi connectivity index (χ0v) is 11.5. The van der Waals surface area contributed by atoms with E-state index in [2.05, 4.69) is 0 Å². The highest BCUT2D eigenvalue weighted by Crippen LogP contribution is 2.29. The number of nitrogens with zero attached hydrogens (tertiary/aromatic N) is 1. The Kier molecular flexibility index (Phi) is 4.17. The van der Waals surface area contributed by atoms with Gasteiger partial charge in [0.2, 0.25) is 5.91 Å². The molecule has 0 spiro atoms. The number of hydrogen-bond donors (Lipinski definition) is 2. The van der Waals surface area contributed by atoms with Crippen molar-refractivity contribution in [2.24, 2.45) is 0 Å². The summed E-state index contributed by atoms with van der Waals surface area (Å²) in [6, 6.07) is 2.96. The molecule has 0 bridgehead atoms. The zero-order valence-electron chi connectivity index (χ0n) is 12.5. The predicted octanol–water partition coefficient (Wildman–Crippen LogP) is 2.19. The van der Waals surface area contributed by atoms with E-state index in [0.29, 0.717) is 19.4 Å². The predicted molar refractivity (Wildman–Crippen MR) is 72.3 cm³/mol. The number of likely N-dealkylation sites (tertiary alicyclic amines) is 1. The zero-order chi connectivity index (χ0) is 17.2. The van der Waals surface area contributed by atoms with Crippen molar-refractivity contribution >= 4 is 17.6 Å². The Morgan fingerprint density at radius 2 is 2.00 bits per heavy atom. The largest absolute Gasteiger partial charge is 0.480 e. The number of alkyl halides is 3. The minimum absolute atomic E-state index is 0.123. The number of carbonyl (C=O) groups excluding carboxylic acids is 1. The molecule has 2 rings (SSSR count). The Balaban J connectivity index is 2.02. The average molecular weight is 317 g/mol. The second kappa shape index (κ2) is 6.25. The SMILES string of the molecule is [2H]N(CC(=O)N1CCC[C@H]1C(=O)O)c1ccc(C(F)(F)F)cc1. The molecular formula is C14H15F3N2O3. The highest BCUT2D eigenvalue weighted by atomic mass is 19.4. The number of nitrogens with one attached hydrogen (secondary N) is 1. The lowest BCUT2D eigenvalue weighted by Gasteiger charge is -2.21. The van der Waals surface area contributed by atoms with Gasteiger partial charge in [0, 0.05) is 12.2 Å². The van der Waals surface area contributed by atoms with Crippen LogP contribution in [0.5, 0.6) is 0 Å². The van der Waals surface area contributed by atoms with Gasteiger partial charge in [-0.3, -0.25) is 4.79 Å². The van der Waals surface area contributed by atoms with E-state index in [4.69, 9.17) is 6.52 Å². The van der Waals surface area contributed by atoms with E-state index < -0.39 is 36.2 Å². The van der Waals surface area contributed by atoms with Crippen molar-refractivity contribution in [2.75, 3.05) is 18.4 Å². The van der Waals surface area contributed by atoms with Gasteiger partial charge in [-0.05, 0) is 37.1 Å². The molecule has 0 radical (unpaired) electrons. The first-order valence-corrected chi connectivity index (χ1v) is 6.66. The maximum absolute atomic E-state index is 12.5. The topological polar surface area (TPSA) is 69.6 Å². The molecule has 8 heteroatoms. The van der Waals surface area contributed by atoms with E-state index >= 15 is 0 Å². The number of hydrogen-bond acceptors (Lipinski definition) is 3. The van der Waals surface area contributed by atoms with Gasteiger partial charge in [0.25, 0.3) is 0 Å². The Morgan fingerprint density at radius 3 is 2.55 bits per heavy atom. The van der Waals surface area contributed by atoms with Crippen molar-refractivity contribution in [3.05, 3.63) is 29.8 Å². The molecule has 22 heavy (non-hydrogen) atoms. The van der Waals surface area contributed by atoms with Crippen LogP contribution >= 0.6 is 0 Å². The fourth-order valence-corrected chi connectivity index (χ4v) is 2.33. The second-order valence-electron chi connectivity index (χ2n) is 4.94. The Labute approximate surface area is 126 Å². The molecule has 1 amide bonds. The molecule has 0 unspecified atom stereocenters. The molecule has 1 aliphatic heterocycles. The van der Waals surface area contributed by atoms with Gasteiger partial charge in [0.1, 0.15) is 6.04 Å². The number of benzene rings is 1. The number of aliphatic carboxylic acids is 1. The third-order valence-electron chi connectivity index (χ3n) is 3.45. The molecule has 1 heterocycles. The monoisotopic (exact) mass is 317 g/mol. The molecule has 120 valence electrons. The summed E-state index contributed by atoms with van der Waals surface area (Å²) < 4.78 is 45.2. The van der Waals surface area contributed by atoms with Crippen LogP contribution in [0.4, 0.5) is 18.9 Å². The summed E-state index contributed by atoms with van der Waals surface area (Å²) in [5, 5.41) is 9.78. The van der Waals surface area contributed by atoms with Crippen molar-refractivity contribution in [3.63, 3.8) is 0 Å². The molecule has 0 aliphatic carbocycles. The van der Waals surface area contributed by atoms with E-state index in [1.807, 2.05) is 0 Å². The van der Waals surface area contributed by atoms with Crippen LogP contribution in [-0.2, 0) is 15.8 Å². The first-order chi connectivity index (χ1) is 10.7. The molecule has 1 aromatic rings. The molecule has 1 atom stereocenters. The van der Waals surface area contributed by atoms with Crippen LogP contribution in [0.15, 0.2) is 24.3 Å². The number of halogens is 3. The number of carbonyl (C=O) groups is 2. The average Bonchev–Trinajstić information content (AvgIpc) is 2.96. The molecule has 5 nitrogen and oxygen atoms in total. The van der Waals surface area contributed by atoms with Crippen molar-refractivity contribution < 1.29 is 29.3 Å². The van der Waals surface area contributed by atoms with Crippen LogP contribution in [-0.4, -0.2) is 41.0 Å². The number of rotatable bonds is 4. The molecule has 0 aromatic heterocycles. The lowest BCUT2D eigenvalue weighted by molar-refractivity contribution is -0.147. The fraction of sp³-hybridized carbons (Fsp3) is 0.429. The summed E-state index contributed by atoms with van der Waals surface area (Å²) in [7, 11) is 0. The quantitative estimate of drug-likeness (QED) is 0.893. The van der Waals surface area contributed by atoms with Gasteiger partial charge in [-0.2, -0.15) is 13.2 Å². The molecular weight excluding hydrogens is 301 g/mol. The summed E-state index contributed by atoms with van der Waals surface area (Å²) in [5.74, 6) is -1.63. The Bertz CT molecular complexity index is 592. The fourth-order valence-electron chi connectivity index (χ4n) is 2.33. The van der Waals surface area contributed by atoms with E-state index in [0.717, 1.165) is 29.6 Å². The lowest BCUT2D eigenvalue weighted by atomic mass is 10.2. The van der Waals surface area contributed by atoms with Crippen LogP contribution < -0.4 is 5.31 Å². The molecule has 1 saturated heterocycles. The van der Waals surface area contributed by atoms with E-state index in [9.17, 15) is 22.8 Å². The lowest BCUT2D eigenvalue weighted by Crippen LogP contribution is -2.43. The number of carboxylic acid groups (broad SMARTS) is 1. The van der Waals surface area contributed by atoms with Crippen LogP contribution in [0.25, 0.3) is 0 Å². The molecule has 2 N–H and O–H groups in total. The van der Waals surface area contributed by atoms with Gasteiger partial charge in [-0.15, -0.1) is 0 Å². The highest BCUT2D eigenvalue weighted by molar-refractivity contribution is 5.86. The van der Waals surface area contributed by atoms with E-state index in [1.54, 1.807) is 0 Å². The smallest absolute Gasteiger partial charge is 0.416 e. The van der Waals surface area contributed by atoms with Crippen molar-refractivity contribution in [2.45, 2.75) is 25.1 Å². The molecule has 0 saturated carbocycles. The van der Waals surface area contributed by atoms with Crippen LogP contribution in [0.2, 0.25) is 1.41 Å². The van der Waals surface area contributed by atoms with Crippen LogP contribution in [0.1, 0.15) is 18.4 Å². The van der Waals surface area contributed by atoms with Crippen molar-refractivity contribution in [1.29, 1.82) is 0 Å². The number of amides is 1. The van der Waals surface area contributed by atoms with Gasteiger partial charge >= 0.3 is 12.1 Å². The molecule has 1 aliphatic rings. The summed E-state index contributed by atoms with van der Waals surface area (Å²) in [5.41, 5.74) is -0.719. The minimum Gasteiger partial charge on any atom is -0.480 e. The normalized spacial score (nSPS) is 19.0. The third-order valence-corrected chi connectivity index (χ3v) is 3.45. The first kappa shape index (κ1) is 14.7. The summed E-state index contributed by atoms with van der Waals surface area (Å²) in [6.07, 6.45) is -3.54. The number of carboxylic acids is 1. The second-order valence-corrected chi connectivity index (χ2v) is 4.94. The standard InChI is InChI=1S/C14H15F3N2O3/c15-14(16,17)9-3-5-10(6-4-9)18-8-12(20)19-7-1-2-11(19)13(21)22/h3-6,11,18H,1-2,7-8H2,(H,21,22)/t11-/m0/s1/i/hD. The van der Waals surface area contributed by atoms with Gasteiger partial charge in [0.05, 0.1) is 12.1 Å². The van der Waals surface area contributed by atoms with Gasteiger partial charge in [-0.25, -0.2) is 4.79 Å². The summed E-state index contributed by atoms with van der Waals surface area (Å²) in [4.78, 5) is 24.3. The first-order valence-electron chi connectivity index (χ1n) is 7.11. The maximum Gasteiger partial charge on any atom is 0.416 e. The summed E-state index contributed by atoms with van der Waals surface area (Å²) in [6.45, 7) is -0.119. The van der Waals surface area contributed by atoms with Gasteiger partial charge < -0.3 is 15.3 Å². The highest BCUT2D eigenvalue weighted by Gasteiger charge is 2.33. The van der Waals surface area contributed by atoms with Gasteiger partial charge in [-0.1, -0.05) is 0 Å². The Hall–Kier alpha value is -2.25. The Morgan fingerprint density at radius 1 is 1.36 bits per heavy atom. The number of anilines is 1. The summed E-state index contributed by atoms with van der Waals surface area (Å²) >= 11 is 0. The van der Waals surface area contributed by atoms with E-state index in [-0.39, 0.29) is 5.69 Å². The van der Waals surface area contributed by atoms with Crippen LogP contribution in [0, 0.1) is 0 Å². The molecule has 1 fully saturated rings. The minimum atomic E-state index is -4.47. The van der Waals surface area contributed by atoms with E-state index in [1.165, 1.54) is 4.90 Å². The maximum atomic E-state index is 12.5. The third kappa shape index (κ3) is 3.69. The molecule has 1 aromatic carbocycles. The van der Waals surface area contributed by atoms with Crippen LogP contribution in [0.3, 0.4) is 0 Å². The van der Waals surface area contributed by atoms with Gasteiger partial charge in [0.15, 0.2) is 1.41 Å². The van der Waals surface area contributed by atoms with Crippen molar-refractivity contribution in [3.8, 4) is 0 Å².